The number of amides is 2. The molecule has 1 aliphatic rings. The summed E-state index contributed by atoms with van der Waals surface area (Å²) in [6, 6.07) is 7.77. The third-order valence-corrected chi connectivity index (χ3v) is 5.17. The van der Waals surface area contributed by atoms with Gasteiger partial charge in [0, 0.05) is 24.0 Å². The summed E-state index contributed by atoms with van der Waals surface area (Å²) in [5, 5.41) is 5.67. The van der Waals surface area contributed by atoms with Gasteiger partial charge in [-0.25, -0.2) is 4.98 Å². The highest BCUT2D eigenvalue weighted by Gasteiger charge is 2.28. The van der Waals surface area contributed by atoms with Gasteiger partial charge in [-0.15, -0.1) is 11.3 Å². The Bertz CT molecular complexity index is 739. The molecule has 0 bridgehead atoms. The van der Waals surface area contributed by atoms with E-state index in [1.54, 1.807) is 23.2 Å². The lowest BCUT2D eigenvalue weighted by Gasteiger charge is -2.25. The van der Waals surface area contributed by atoms with Crippen molar-refractivity contribution in [2.45, 2.75) is 32.7 Å². The molecule has 0 spiro atoms. The molecule has 1 fully saturated rings. The molecule has 126 valence electrons. The van der Waals surface area contributed by atoms with Gasteiger partial charge in [-0.1, -0.05) is 29.8 Å². The molecule has 5 nitrogen and oxygen atoms in total. The highest BCUT2D eigenvalue weighted by molar-refractivity contribution is 7.13. The molecule has 2 aromatic rings. The van der Waals surface area contributed by atoms with Crippen molar-refractivity contribution < 1.29 is 9.59 Å². The third-order valence-electron chi connectivity index (χ3n) is 4.22. The highest BCUT2D eigenvalue weighted by atomic mass is 32.1. The van der Waals surface area contributed by atoms with Crippen LogP contribution < -0.4 is 5.32 Å². The van der Waals surface area contributed by atoms with Crippen LogP contribution in [0.25, 0.3) is 10.6 Å². The van der Waals surface area contributed by atoms with Crippen molar-refractivity contribution in [3.63, 3.8) is 0 Å². The van der Waals surface area contributed by atoms with E-state index < -0.39 is 6.04 Å². The normalized spacial score (nSPS) is 18.2. The molecule has 1 aromatic heterocycles. The fourth-order valence-corrected chi connectivity index (χ4v) is 3.58. The van der Waals surface area contributed by atoms with Crippen LogP contribution in [0.15, 0.2) is 29.6 Å². The van der Waals surface area contributed by atoms with E-state index in [0.29, 0.717) is 13.1 Å². The first-order valence-electron chi connectivity index (χ1n) is 8.13. The molecule has 3 rings (SSSR count). The summed E-state index contributed by atoms with van der Waals surface area (Å²) in [4.78, 5) is 30.7. The number of carbonyl (C=O) groups excluding carboxylic acids is 2. The standard InChI is InChI=1S/C18H21N3O2S/c1-12-4-6-14(7-5-12)18-20-15(11-24-18)10-16(22)21-9-3-8-19-17(23)13(21)2/h4-7,11,13H,3,8-10H2,1-2H3,(H,19,23). The fourth-order valence-electron chi connectivity index (χ4n) is 2.76. The molecule has 0 radical (unpaired) electrons. The molecule has 0 saturated carbocycles. The maximum Gasteiger partial charge on any atom is 0.242 e. The van der Waals surface area contributed by atoms with E-state index in [0.717, 1.165) is 22.7 Å². The van der Waals surface area contributed by atoms with Crippen LogP contribution in [0.5, 0.6) is 0 Å². The van der Waals surface area contributed by atoms with Crippen LogP contribution >= 0.6 is 11.3 Å². The molecule has 2 heterocycles. The quantitative estimate of drug-likeness (QED) is 0.931. The Kier molecular flexibility index (Phi) is 4.94. The lowest BCUT2D eigenvalue weighted by Crippen LogP contribution is -2.45. The van der Waals surface area contributed by atoms with Crippen molar-refractivity contribution in [3.8, 4) is 10.6 Å². The van der Waals surface area contributed by atoms with Gasteiger partial charge in [-0.3, -0.25) is 9.59 Å². The smallest absolute Gasteiger partial charge is 0.242 e. The molecule has 0 aliphatic carbocycles. The molecule has 1 atom stereocenters. The number of hydrogen-bond donors (Lipinski definition) is 1. The molecule has 2 amide bonds. The molecule has 1 saturated heterocycles. The van der Waals surface area contributed by atoms with Crippen molar-refractivity contribution in [3.05, 3.63) is 40.9 Å². The second-order valence-corrected chi connectivity index (χ2v) is 6.95. The number of carbonyl (C=O) groups is 2. The number of hydrogen-bond acceptors (Lipinski definition) is 4. The third kappa shape index (κ3) is 3.64. The van der Waals surface area contributed by atoms with E-state index >= 15 is 0 Å². The predicted octanol–water partition coefficient (Wildman–Crippen LogP) is 2.40. The summed E-state index contributed by atoms with van der Waals surface area (Å²) in [5.41, 5.74) is 3.03. The van der Waals surface area contributed by atoms with Crippen LogP contribution in [0.4, 0.5) is 0 Å². The van der Waals surface area contributed by atoms with Crippen LogP contribution in [-0.2, 0) is 16.0 Å². The van der Waals surface area contributed by atoms with Crippen LogP contribution in [0.1, 0.15) is 24.6 Å². The number of thiazole rings is 1. The number of aromatic nitrogens is 1. The average molecular weight is 343 g/mol. The van der Waals surface area contributed by atoms with Gasteiger partial charge in [0.2, 0.25) is 11.8 Å². The number of nitrogens with one attached hydrogen (secondary N) is 1. The van der Waals surface area contributed by atoms with Crippen molar-refractivity contribution in [2.75, 3.05) is 13.1 Å². The predicted molar refractivity (Wildman–Crippen MR) is 94.8 cm³/mol. The second-order valence-electron chi connectivity index (χ2n) is 6.09. The minimum Gasteiger partial charge on any atom is -0.354 e. The average Bonchev–Trinajstić information content (AvgIpc) is 2.96. The van der Waals surface area contributed by atoms with E-state index in [1.807, 2.05) is 24.4 Å². The summed E-state index contributed by atoms with van der Waals surface area (Å²) >= 11 is 1.54. The Labute approximate surface area is 145 Å². The molecule has 1 aromatic carbocycles. The summed E-state index contributed by atoms with van der Waals surface area (Å²) in [6.07, 6.45) is 1.02. The number of rotatable bonds is 3. The van der Waals surface area contributed by atoms with Gasteiger partial charge in [0.05, 0.1) is 12.1 Å². The van der Waals surface area contributed by atoms with Gasteiger partial charge in [0.25, 0.3) is 0 Å². The summed E-state index contributed by atoms with van der Waals surface area (Å²) in [6.45, 7) is 5.06. The molecule has 1 aliphatic heterocycles. The zero-order chi connectivity index (χ0) is 17.1. The summed E-state index contributed by atoms with van der Waals surface area (Å²) < 4.78 is 0. The zero-order valence-electron chi connectivity index (χ0n) is 13.9. The highest BCUT2D eigenvalue weighted by Crippen LogP contribution is 2.24. The van der Waals surface area contributed by atoms with Gasteiger partial charge in [0.1, 0.15) is 11.0 Å². The molecule has 1 N–H and O–H groups in total. The van der Waals surface area contributed by atoms with Gasteiger partial charge in [0.15, 0.2) is 0 Å². The Hall–Kier alpha value is -2.21. The topological polar surface area (TPSA) is 62.3 Å². The van der Waals surface area contributed by atoms with E-state index in [-0.39, 0.29) is 18.2 Å². The molecule has 1 unspecified atom stereocenters. The summed E-state index contributed by atoms with van der Waals surface area (Å²) in [7, 11) is 0. The molecular formula is C18H21N3O2S. The van der Waals surface area contributed by atoms with Crippen LogP contribution in [0.3, 0.4) is 0 Å². The number of benzene rings is 1. The Balaban J connectivity index is 1.70. The monoisotopic (exact) mass is 343 g/mol. The molecular weight excluding hydrogens is 322 g/mol. The van der Waals surface area contributed by atoms with Gasteiger partial charge < -0.3 is 10.2 Å². The van der Waals surface area contributed by atoms with E-state index in [4.69, 9.17) is 0 Å². The van der Waals surface area contributed by atoms with Crippen LogP contribution in [0.2, 0.25) is 0 Å². The first-order chi connectivity index (χ1) is 11.5. The minimum absolute atomic E-state index is 0.0414. The van der Waals surface area contributed by atoms with E-state index in [1.165, 1.54) is 5.56 Å². The maximum atomic E-state index is 12.6. The lowest BCUT2D eigenvalue weighted by atomic mass is 10.1. The second kappa shape index (κ2) is 7.13. The van der Waals surface area contributed by atoms with Crippen molar-refractivity contribution in [1.29, 1.82) is 0 Å². The van der Waals surface area contributed by atoms with Crippen molar-refractivity contribution in [1.82, 2.24) is 15.2 Å². The SMILES string of the molecule is Cc1ccc(-c2nc(CC(=O)N3CCCNC(=O)C3C)cs2)cc1. The van der Waals surface area contributed by atoms with Gasteiger partial charge >= 0.3 is 0 Å². The van der Waals surface area contributed by atoms with Crippen molar-refractivity contribution in [2.24, 2.45) is 0 Å². The van der Waals surface area contributed by atoms with Crippen LogP contribution in [-0.4, -0.2) is 40.8 Å². The molecule has 6 heteroatoms. The summed E-state index contributed by atoms with van der Waals surface area (Å²) in [5.74, 6) is -0.125. The van der Waals surface area contributed by atoms with Gasteiger partial charge in [-0.05, 0) is 20.3 Å². The zero-order valence-corrected chi connectivity index (χ0v) is 14.7. The van der Waals surface area contributed by atoms with E-state index in [9.17, 15) is 9.59 Å². The first-order valence-corrected chi connectivity index (χ1v) is 9.01. The largest absolute Gasteiger partial charge is 0.354 e. The van der Waals surface area contributed by atoms with Crippen molar-refractivity contribution >= 4 is 23.2 Å². The maximum absolute atomic E-state index is 12.6. The van der Waals surface area contributed by atoms with E-state index in [2.05, 4.69) is 22.4 Å². The number of nitrogens with zero attached hydrogens (tertiary/aromatic N) is 2. The van der Waals surface area contributed by atoms with Crippen LogP contribution in [0, 0.1) is 6.92 Å². The Morgan fingerprint density at radius 1 is 1.38 bits per heavy atom. The minimum atomic E-state index is -0.421. The number of aryl methyl sites for hydroxylation is 1. The Morgan fingerprint density at radius 2 is 2.12 bits per heavy atom. The fraction of sp³-hybridized carbons (Fsp3) is 0.389. The lowest BCUT2D eigenvalue weighted by molar-refractivity contribution is -0.138. The Morgan fingerprint density at radius 3 is 2.88 bits per heavy atom. The van der Waals surface area contributed by atoms with Gasteiger partial charge in [-0.2, -0.15) is 0 Å². The first kappa shape index (κ1) is 16.6. The molecule has 24 heavy (non-hydrogen) atoms.